The monoisotopic (exact) mass is 187 g/mol. The van der Waals surface area contributed by atoms with Crippen molar-refractivity contribution in [2.45, 2.75) is 13.0 Å². The lowest BCUT2D eigenvalue weighted by Crippen LogP contribution is -2.31. The standard InChI is InChI=1S/C8H17N3S/c1-4-7(2)11(3)8(10)12-6-5-9/h4,7,10H,1,5-6,9H2,2-3H3. The number of likely N-dealkylation sites (N-methyl/N-ethyl adjacent to an activating group) is 1. The number of rotatable bonds is 4. The molecule has 0 aliphatic rings. The van der Waals surface area contributed by atoms with E-state index in [1.165, 1.54) is 11.8 Å². The van der Waals surface area contributed by atoms with E-state index < -0.39 is 0 Å². The molecule has 3 N–H and O–H groups in total. The van der Waals surface area contributed by atoms with Crippen molar-refractivity contribution in [3.8, 4) is 0 Å². The van der Waals surface area contributed by atoms with Gasteiger partial charge in [0.1, 0.15) is 0 Å². The summed E-state index contributed by atoms with van der Waals surface area (Å²) < 4.78 is 0. The molecule has 0 heterocycles. The van der Waals surface area contributed by atoms with Crippen molar-refractivity contribution in [1.82, 2.24) is 4.90 Å². The van der Waals surface area contributed by atoms with Crippen molar-refractivity contribution in [1.29, 1.82) is 5.41 Å². The van der Waals surface area contributed by atoms with E-state index in [0.717, 1.165) is 5.75 Å². The highest BCUT2D eigenvalue weighted by atomic mass is 32.2. The lowest BCUT2D eigenvalue weighted by Gasteiger charge is -2.23. The van der Waals surface area contributed by atoms with E-state index >= 15 is 0 Å². The quantitative estimate of drug-likeness (QED) is 0.394. The van der Waals surface area contributed by atoms with Gasteiger partial charge in [0.15, 0.2) is 5.17 Å². The molecule has 1 atom stereocenters. The fraction of sp³-hybridized carbons (Fsp3) is 0.625. The average Bonchev–Trinajstić information content (AvgIpc) is 2.11. The summed E-state index contributed by atoms with van der Waals surface area (Å²) in [5.41, 5.74) is 5.33. The maximum atomic E-state index is 7.62. The Labute approximate surface area is 78.5 Å². The van der Waals surface area contributed by atoms with E-state index in [4.69, 9.17) is 11.1 Å². The molecule has 0 aromatic heterocycles. The molecule has 0 saturated heterocycles. The molecule has 0 amide bonds. The zero-order valence-electron chi connectivity index (χ0n) is 7.71. The van der Waals surface area contributed by atoms with Crippen molar-refractivity contribution < 1.29 is 0 Å². The highest BCUT2D eigenvalue weighted by Crippen LogP contribution is 2.08. The molecular formula is C8H17N3S. The molecule has 3 nitrogen and oxygen atoms in total. The molecule has 1 unspecified atom stereocenters. The lowest BCUT2D eigenvalue weighted by molar-refractivity contribution is 0.459. The number of hydrogen-bond acceptors (Lipinski definition) is 3. The van der Waals surface area contributed by atoms with Gasteiger partial charge in [-0.25, -0.2) is 0 Å². The summed E-state index contributed by atoms with van der Waals surface area (Å²) in [5.74, 6) is 0.799. The van der Waals surface area contributed by atoms with E-state index in [1.54, 1.807) is 0 Å². The Balaban J connectivity index is 3.83. The molecule has 0 aliphatic heterocycles. The zero-order chi connectivity index (χ0) is 9.56. The average molecular weight is 187 g/mol. The Bertz CT molecular complexity index is 158. The Morgan fingerprint density at radius 2 is 2.42 bits per heavy atom. The summed E-state index contributed by atoms with van der Waals surface area (Å²) in [6.07, 6.45) is 1.82. The molecule has 0 saturated carbocycles. The first-order chi connectivity index (χ1) is 5.63. The number of nitrogens with one attached hydrogen (secondary N) is 1. The molecule has 0 spiro atoms. The van der Waals surface area contributed by atoms with Crippen LogP contribution in [0.25, 0.3) is 0 Å². The second kappa shape index (κ2) is 6.08. The van der Waals surface area contributed by atoms with Gasteiger partial charge in [-0.05, 0) is 6.92 Å². The second-order valence-corrected chi connectivity index (χ2v) is 3.61. The van der Waals surface area contributed by atoms with Crippen molar-refractivity contribution in [2.24, 2.45) is 5.73 Å². The summed E-state index contributed by atoms with van der Waals surface area (Å²) in [6.45, 7) is 6.29. The van der Waals surface area contributed by atoms with Crippen LogP contribution in [0.15, 0.2) is 12.7 Å². The third-order valence-electron chi connectivity index (χ3n) is 1.63. The molecular weight excluding hydrogens is 170 g/mol. The molecule has 0 bridgehead atoms. The number of nitrogens with two attached hydrogens (primary N) is 1. The van der Waals surface area contributed by atoms with Gasteiger partial charge in [0.05, 0.1) is 0 Å². The molecule has 0 aromatic rings. The minimum Gasteiger partial charge on any atom is -0.349 e. The van der Waals surface area contributed by atoms with Crippen molar-refractivity contribution >= 4 is 16.9 Å². The van der Waals surface area contributed by atoms with Crippen molar-refractivity contribution in [2.75, 3.05) is 19.3 Å². The van der Waals surface area contributed by atoms with Crippen LogP contribution in [0.2, 0.25) is 0 Å². The zero-order valence-corrected chi connectivity index (χ0v) is 8.53. The summed E-state index contributed by atoms with van der Waals surface area (Å²) in [7, 11) is 1.89. The fourth-order valence-corrected chi connectivity index (χ4v) is 1.28. The van der Waals surface area contributed by atoms with Gasteiger partial charge in [-0.2, -0.15) is 0 Å². The topological polar surface area (TPSA) is 53.1 Å². The minimum absolute atomic E-state index is 0.211. The van der Waals surface area contributed by atoms with Crippen LogP contribution in [0, 0.1) is 5.41 Å². The van der Waals surface area contributed by atoms with Crippen LogP contribution in [-0.2, 0) is 0 Å². The van der Waals surface area contributed by atoms with Crippen LogP contribution in [0.3, 0.4) is 0 Å². The van der Waals surface area contributed by atoms with Gasteiger partial charge in [0.25, 0.3) is 0 Å². The van der Waals surface area contributed by atoms with E-state index in [2.05, 4.69) is 6.58 Å². The smallest absolute Gasteiger partial charge is 0.156 e. The number of amidine groups is 1. The lowest BCUT2D eigenvalue weighted by atomic mass is 10.3. The molecule has 0 radical (unpaired) electrons. The number of thioether (sulfide) groups is 1. The van der Waals surface area contributed by atoms with Crippen LogP contribution >= 0.6 is 11.8 Å². The fourth-order valence-electron chi connectivity index (χ4n) is 0.600. The van der Waals surface area contributed by atoms with E-state index in [1.807, 2.05) is 24.9 Å². The van der Waals surface area contributed by atoms with E-state index in [0.29, 0.717) is 11.7 Å². The SMILES string of the molecule is C=CC(C)N(C)C(=N)SCCN. The van der Waals surface area contributed by atoms with Gasteiger partial charge >= 0.3 is 0 Å². The first-order valence-corrected chi connectivity index (χ1v) is 4.88. The minimum atomic E-state index is 0.211. The highest BCUT2D eigenvalue weighted by molar-refractivity contribution is 8.13. The van der Waals surface area contributed by atoms with Gasteiger partial charge in [0.2, 0.25) is 0 Å². The molecule has 4 heteroatoms. The first kappa shape index (κ1) is 11.5. The molecule has 0 rings (SSSR count). The van der Waals surface area contributed by atoms with Gasteiger partial charge in [-0.3, -0.25) is 5.41 Å². The third kappa shape index (κ3) is 3.78. The third-order valence-corrected chi connectivity index (χ3v) is 2.63. The number of nitrogens with zero attached hydrogens (tertiary/aromatic N) is 1. The predicted octanol–water partition coefficient (Wildman–Crippen LogP) is 1.12. The second-order valence-electron chi connectivity index (χ2n) is 2.53. The Kier molecular flexibility index (Phi) is 5.84. The van der Waals surface area contributed by atoms with E-state index in [-0.39, 0.29) is 6.04 Å². The number of hydrogen-bond donors (Lipinski definition) is 2. The summed E-state index contributed by atoms with van der Waals surface area (Å²) >= 11 is 1.46. The molecule has 70 valence electrons. The van der Waals surface area contributed by atoms with Crippen molar-refractivity contribution in [3.05, 3.63) is 12.7 Å². The summed E-state index contributed by atoms with van der Waals surface area (Å²) in [6, 6.07) is 0.211. The Morgan fingerprint density at radius 3 is 2.83 bits per heavy atom. The van der Waals surface area contributed by atoms with Gasteiger partial charge in [-0.15, -0.1) is 6.58 Å². The van der Waals surface area contributed by atoms with E-state index in [9.17, 15) is 0 Å². The maximum Gasteiger partial charge on any atom is 0.156 e. The van der Waals surface area contributed by atoms with Crippen LogP contribution in [-0.4, -0.2) is 35.5 Å². The van der Waals surface area contributed by atoms with Gasteiger partial charge in [0, 0.05) is 25.4 Å². The van der Waals surface area contributed by atoms with Crippen LogP contribution < -0.4 is 5.73 Å². The molecule has 0 aromatic carbocycles. The summed E-state index contributed by atoms with van der Waals surface area (Å²) in [4.78, 5) is 1.87. The highest BCUT2D eigenvalue weighted by Gasteiger charge is 2.08. The summed E-state index contributed by atoms with van der Waals surface area (Å²) in [5, 5.41) is 8.17. The van der Waals surface area contributed by atoms with Crippen LogP contribution in [0.4, 0.5) is 0 Å². The normalized spacial score (nSPS) is 12.2. The Morgan fingerprint density at radius 1 is 1.83 bits per heavy atom. The molecule has 12 heavy (non-hydrogen) atoms. The molecule has 0 fully saturated rings. The molecule has 0 aliphatic carbocycles. The van der Waals surface area contributed by atoms with Gasteiger partial charge in [-0.1, -0.05) is 17.8 Å². The van der Waals surface area contributed by atoms with Gasteiger partial charge < -0.3 is 10.6 Å². The largest absolute Gasteiger partial charge is 0.349 e. The van der Waals surface area contributed by atoms with Crippen LogP contribution in [0.5, 0.6) is 0 Å². The predicted molar refractivity (Wildman–Crippen MR) is 56.7 cm³/mol. The van der Waals surface area contributed by atoms with Crippen LogP contribution in [0.1, 0.15) is 6.92 Å². The van der Waals surface area contributed by atoms with Crippen molar-refractivity contribution in [3.63, 3.8) is 0 Å². The Hall–Kier alpha value is -0.480. The maximum absolute atomic E-state index is 7.62. The first-order valence-electron chi connectivity index (χ1n) is 3.90.